The lowest BCUT2D eigenvalue weighted by molar-refractivity contribution is -0.424. The van der Waals surface area contributed by atoms with Crippen LogP contribution in [0.3, 0.4) is 0 Å². The molecule has 0 saturated heterocycles. The molecular weight excluding hydrogens is 326 g/mol. The average Bonchev–Trinajstić information content (AvgIpc) is 2.35. The van der Waals surface area contributed by atoms with Gasteiger partial charge in [0.25, 0.3) is 0 Å². The Morgan fingerprint density at radius 2 is 1.00 bits per heavy atom. The van der Waals surface area contributed by atoms with E-state index in [1.807, 2.05) is 0 Å². The van der Waals surface area contributed by atoms with Gasteiger partial charge < -0.3 is 29.5 Å². The number of carbonyl (C=O) groups is 3. The van der Waals surface area contributed by atoms with Gasteiger partial charge in [-0.3, -0.25) is 0 Å². The highest BCUT2D eigenvalue weighted by atomic mass is 16.9. The molecule has 134 valence electrons. The first kappa shape index (κ1) is 21.5. The average molecular weight is 345 g/mol. The Labute approximate surface area is 137 Å². The minimum atomic E-state index is -3.76. The van der Waals surface area contributed by atoms with E-state index in [1.54, 1.807) is 0 Å². The van der Waals surface area contributed by atoms with Crippen molar-refractivity contribution in [3.63, 3.8) is 0 Å². The van der Waals surface area contributed by atoms with Crippen LogP contribution in [0.25, 0.3) is 0 Å². The van der Waals surface area contributed by atoms with Crippen molar-refractivity contribution in [3.8, 4) is 0 Å². The number of nitrogens with one attached hydrogen (secondary N) is 1. The van der Waals surface area contributed by atoms with Gasteiger partial charge in [0.2, 0.25) is 0 Å². The molecule has 0 amide bonds. The van der Waals surface area contributed by atoms with Crippen LogP contribution in [0.1, 0.15) is 20.8 Å². The molecule has 10 nitrogen and oxygen atoms in total. The van der Waals surface area contributed by atoms with Gasteiger partial charge in [0.15, 0.2) is 0 Å². The maximum atomic E-state index is 11.7. The normalized spacial score (nSPS) is 11.2. The molecule has 0 radical (unpaired) electrons. The predicted octanol–water partition coefficient (Wildman–Crippen LogP) is -0.867. The van der Waals surface area contributed by atoms with E-state index < -0.39 is 30.1 Å². The first-order chi connectivity index (χ1) is 10.7. The summed E-state index contributed by atoms with van der Waals surface area (Å²) in [5, 5.41) is 28.5. The van der Waals surface area contributed by atoms with E-state index in [1.165, 1.54) is 26.1 Å². The van der Waals surface area contributed by atoms with Crippen molar-refractivity contribution >= 4 is 17.9 Å². The van der Waals surface area contributed by atoms with Crippen LogP contribution in [0.4, 0.5) is 0 Å². The Balaban J connectivity index is 5.96. The van der Waals surface area contributed by atoms with Crippen LogP contribution in [-0.2, 0) is 28.6 Å². The number of aliphatic hydroxyl groups is 3. The second-order valence-corrected chi connectivity index (χ2v) is 4.83. The number of hydrogen-bond donors (Lipinski definition) is 4. The third-order valence-corrected chi connectivity index (χ3v) is 2.05. The summed E-state index contributed by atoms with van der Waals surface area (Å²) in [7, 11) is 0. The Morgan fingerprint density at radius 3 is 1.17 bits per heavy atom. The van der Waals surface area contributed by atoms with Crippen LogP contribution in [0.5, 0.6) is 0 Å². The Morgan fingerprint density at radius 1 is 0.750 bits per heavy atom. The Hall–Kier alpha value is -2.53. The summed E-state index contributed by atoms with van der Waals surface area (Å²) < 4.78 is 13.9. The second kappa shape index (κ2) is 7.84. The summed E-state index contributed by atoms with van der Waals surface area (Å²) in [5.41, 5.74) is -0.671. The lowest BCUT2D eigenvalue weighted by Gasteiger charge is -2.33. The van der Waals surface area contributed by atoms with Crippen LogP contribution in [-0.4, -0.2) is 45.4 Å². The van der Waals surface area contributed by atoms with Crippen LogP contribution in [0.15, 0.2) is 36.5 Å². The van der Waals surface area contributed by atoms with E-state index in [4.69, 9.17) is 15.3 Å². The van der Waals surface area contributed by atoms with E-state index >= 15 is 0 Å². The first-order valence-electron chi connectivity index (χ1n) is 6.32. The molecule has 0 aliphatic rings. The van der Waals surface area contributed by atoms with Gasteiger partial charge in [-0.15, -0.1) is 5.32 Å². The van der Waals surface area contributed by atoms with E-state index in [9.17, 15) is 14.4 Å². The summed E-state index contributed by atoms with van der Waals surface area (Å²) in [6.45, 7) is 13.4. The van der Waals surface area contributed by atoms with Gasteiger partial charge >= 0.3 is 30.1 Å². The highest BCUT2D eigenvalue weighted by Gasteiger charge is 2.50. The van der Waals surface area contributed by atoms with Gasteiger partial charge in [-0.25, -0.2) is 14.4 Å². The molecule has 0 rings (SSSR count). The molecule has 0 aliphatic carbocycles. The topological polar surface area (TPSA) is 152 Å². The van der Waals surface area contributed by atoms with Crippen LogP contribution in [0.2, 0.25) is 0 Å². The highest BCUT2D eigenvalue weighted by Crippen LogP contribution is 2.20. The third kappa shape index (κ3) is 7.15. The summed E-state index contributed by atoms with van der Waals surface area (Å²) in [6.07, 6.45) is -7.00. The third-order valence-electron chi connectivity index (χ3n) is 2.05. The zero-order chi connectivity index (χ0) is 19.3. The molecule has 0 atom stereocenters. The zero-order valence-electron chi connectivity index (χ0n) is 13.4. The molecule has 0 aromatic rings. The van der Waals surface area contributed by atoms with Crippen LogP contribution < -0.4 is 5.32 Å². The monoisotopic (exact) mass is 345 g/mol. The molecule has 0 aliphatic heterocycles. The van der Waals surface area contributed by atoms with Gasteiger partial charge in [-0.2, -0.15) is 0 Å². The van der Waals surface area contributed by atoms with Crippen molar-refractivity contribution in [1.82, 2.24) is 5.32 Å². The maximum Gasteiger partial charge on any atom is 0.505 e. The number of rotatable bonds is 8. The van der Waals surface area contributed by atoms with Gasteiger partial charge in [0.05, 0.1) is 0 Å². The van der Waals surface area contributed by atoms with Crippen molar-refractivity contribution in [2.45, 2.75) is 33.0 Å². The highest BCUT2D eigenvalue weighted by molar-refractivity contribution is 5.90. The lowest BCUT2D eigenvalue weighted by atomic mass is 10.3. The van der Waals surface area contributed by atoms with Crippen molar-refractivity contribution in [1.29, 1.82) is 0 Å². The fourth-order valence-electron chi connectivity index (χ4n) is 0.972. The van der Waals surface area contributed by atoms with Gasteiger partial charge in [-0.05, 0) is 20.8 Å². The molecule has 24 heavy (non-hydrogen) atoms. The van der Waals surface area contributed by atoms with Crippen LogP contribution >= 0.6 is 0 Å². The van der Waals surface area contributed by atoms with E-state index in [2.05, 4.69) is 33.9 Å². The molecule has 0 heterocycles. The standard InChI is InChI=1S/C14H19NO9/c1-7(2)10(16)22-14(15-13(19,20)21,23-11(17)8(3)4)24-12(18)9(5)6/h15,19-21H,1,3,5H2,2,4,6H3. The fourth-order valence-corrected chi connectivity index (χ4v) is 0.972. The Bertz CT molecular complexity index is 516. The first-order valence-corrected chi connectivity index (χ1v) is 6.32. The largest absolute Gasteiger partial charge is 0.505 e. The summed E-state index contributed by atoms with van der Waals surface area (Å²) >= 11 is 0. The minimum Gasteiger partial charge on any atom is -0.370 e. The molecule has 0 unspecified atom stereocenters. The van der Waals surface area contributed by atoms with Gasteiger partial charge in [0, 0.05) is 16.7 Å². The SMILES string of the molecule is C=C(C)C(=O)OC(NC(O)(O)O)(OC(=O)C(=C)C)OC(=O)C(=C)C. The molecule has 0 bridgehead atoms. The molecule has 0 spiro atoms. The van der Waals surface area contributed by atoms with E-state index in [0.717, 1.165) is 0 Å². The summed E-state index contributed by atoms with van der Waals surface area (Å²) in [5.74, 6) is -3.76. The van der Waals surface area contributed by atoms with E-state index in [0.29, 0.717) is 0 Å². The number of esters is 3. The molecule has 0 aromatic carbocycles. The molecule has 0 fully saturated rings. The number of ether oxygens (including phenoxy) is 3. The van der Waals surface area contributed by atoms with Crippen molar-refractivity contribution in [2.75, 3.05) is 0 Å². The Kier molecular flexibility index (Phi) is 7.01. The second-order valence-electron chi connectivity index (χ2n) is 4.83. The lowest BCUT2D eigenvalue weighted by Crippen LogP contribution is -2.64. The van der Waals surface area contributed by atoms with Crippen molar-refractivity contribution in [2.24, 2.45) is 0 Å². The smallest absolute Gasteiger partial charge is 0.370 e. The quantitative estimate of drug-likeness (QED) is 0.248. The molecule has 4 N–H and O–H groups in total. The van der Waals surface area contributed by atoms with Gasteiger partial charge in [0.1, 0.15) is 0 Å². The summed E-state index contributed by atoms with van der Waals surface area (Å²) in [4.78, 5) is 35.1. The predicted molar refractivity (Wildman–Crippen MR) is 78.0 cm³/mol. The van der Waals surface area contributed by atoms with Crippen LogP contribution in [0, 0.1) is 0 Å². The van der Waals surface area contributed by atoms with Crippen molar-refractivity contribution in [3.05, 3.63) is 36.5 Å². The fraction of sp³-hybridized carbons (Fsp3) is 0.357. The summed E-state index contributed by atoms with van der Waals surface area (Å²) in [6, 6.07) is 0. The van der Waals surface area contributed by atoms with E-state index in [-0.39, 0.29) is 16.7 Å². The molecule has 0 aromatic heterocycles. The van der Waals surface area contributed by atoms with Crippen molar-refractivity contribution < 1.29 is 43.9 Å². The van der Waals surface area contributed by atoms with Gasteiger partial charge in [-0.1, -0.05) is 19.7 Å². The maximum absolute atomic E-state index is 11.7. The number of carbonyl (C=O) groups excluding carboxylic acids is 3. The molecule has 10 heteroatoms. The molecular formula is C14H19NO9. The number of hydrogen-bond acceptors (Lipinski definition) is 10. The molecule has 0 saturated carbocycles. The minimum absolute atomic E-state index is 0.224. The zero-order valence-corrected chi connectivity index (χ0v) is 13.4.